The van der Waals surface area contributed by atoms with Gasteiger partial charge in [-0.2, -0.15) is 5.10 Å². The maximum atomic E-state index is 12.3. The van der Waals surface area contributed by atoms with E-state index in [0.717, 1.165) is 32.4 Å². The van der Waals surface area contributed by atoms with Gasteiger partial charge >= 0.3 is 0 Å². The Balaban J connectivity index is 1.66. The number of aromatic nitrogens is 4. The van der Waals surface area contributed by atoms with E-state index in [1.807, 2.05) is 37.4 Å². The molecule has 0 fully saturated rings. The molecule has 0 aliphatic rings. The standard InChI is InChI=1S/C17H17N5OS2/c1-3-8-24-14-7-5-4-6-13(14)21-15(23)10-25-17-12-9-20-22(2)16(12)18-11-19-17/h3-7,9,11H,1,8,10H2,2H3,(H,21,23). The molecular weight excluding hydrogens is 354 g/mol. The van der Waals surface area contributed by atoms with Crippen molar-refractivity contribution in [2.75, 3.05) is 16.8 Å². The van der Waals surface area contributed by atoms with Crippen LogP contribution in [0.15, 0.2) is 59.4 Å². The Kier molecular flexibility index (Phi) is 5.72. The quantitative estimate of drug-likeness (QED) is 0.390. The molecule has 0 spiro atoms. The predicted molar refractivity (Wildman–Crippen MR) is 103 cm³/mol. The predicted octanol–water partition coefficient (Wildman–Crippen LogP) is 3.37. The zero-order chi connectivity index (χ0) is 17.6. The number of aryl methyl sites for hydroxylation is 1. The van der Waals surface area contributed by atoms with Crippen molar-refractivity contribution in [3.8, 4) is 0 Å². The highest BCUT2D eigenvalue weighted by Gasteiger charge is 2.12. The van der Waals surface area contributed by atoms with Crippen LogP contribution in [0.5, 0.6) is 0 Å². The molecule has 0 saturated heterocycles. The van der Waals surface area contributed by atoms with Crippen LogP contribution in [0.3, 0.4) is 0 Å². The van der Waals surface area contributed by atoms with Crippen molar-refractivity contribution in [1.82, 2.24) is 19.7 Å². The number of nitrogens with zero attached hydrogens (tertiary/aromatic N) is 4. The molecule has 25 heavy (non-hydrogen) atoms. The van der Waals surface area contributed by atoms with Crippen LogP contribution in [0.4, 0.5) is 5.69 Å². The van der Waals surface area contributed by atoms with Crippen LogP contribution in [-0.4, -0.2) is 37.2 Å². The summed E-state index contributed by atoms with van der Waals surface area (Å²) in [5, 5.41) is 8.75. The lowest BCUT2D eigenvalue weighted by Gasteiger charge is -2.10. The van der Waals surface area contributed by atoms with Gasteiger partial charge in [0.1, 0.15) is 11.4 Å². The third kappa shape index (κ3) is 4.21. The van der Waals surface area contributed by atoms with E-state index in [2.05, 4.69) is 27.0 Å². The van der Waals surface area contributed by atoms with Crippen molar-refractivity contribution in [2.45, 2.75) is 9.92 Å². The van der Waals surface area contributed by atoms with Gasteiger partial charge in [0.2, 0.25) is 5.91 Å². The van der Waals surface area contributed by atoms with Gasteiger partial charge in [0.25, 0.3) is 0 Å². The fourth-order valence-electron chi connectivity index (χ4n) is 2.22. The number of benzene rings is 1. The van der Waals surface area contributed by atoms with Crippen molar-refractivity contribution in [3.05, 3.63) is 49.4 Å². The first kappa shape index (κ1) is 17.5. The van der Waals surface area contributed by atoms with Crippen LogP contribution in [0.25, 0.3) is 11.0 Å². The van der Waals surface area contributed by atoms with E-state index in [0.29, 0.717) is 0 Å². The second-order valence-corrected chi connectivity index (χ2v) is 7.14. The fraction of sp³-hybridized carbons (Fsp3) is 0.176. The zero-order valence-electron chi connectivity index (χ0n) is 13.7. The lowest BCUT2D eigenvalue weighted by molar-refractivity contribution is -0.113. The molecule has 128 valence electrons. The third-order valence-corrected chi connectivity index (χ3v) is 5.43. The average Bonchev–Trinajstić information content (AvgIpc) is 3.01. The van der Waals surface area contributed by atoms with Gasteiger partial charge in [-0.1, -0.05) is 30.0 Å². The number of carbonyl (C=O) groups is 1. The lowest BCUT2D eigenvalue weighted by Crippen LogP contribution is -2.14. The number of para-hydroxylation sites is 1. The van der Waals surface area contributed by atoms with Crippen LogP contribution in [0, 0.1) is 0 Å². The van der Waals surface area contributed by atoms with Crippen molar-refractivity contribution >= 4 is 46.2 Å². The Hall–Kier alpha value is -2.32. The van der Waals surface area contributed by atoms with E-state index in [4.69, 9.17) is 0 Å². The van der Waals surface area contributed by atoms with Crippen molar-refractivity contribution in [2.24, 2.45) is 7.05 Å². The molecule has 2 heterocycles. The minimum absolute atomic E-state index is 0.0766. The molecule has 1 N–H and O–H groups in total. The number of hydrogen-bond acceptors (Lipinski definition) is 6. The van der Waals surface area contributed by atoms with E-state index in [9.17, 15) is 4.79 Å². The van der Waals surface area contributed by atoms with Gasteiger partial charge in [0, 0.05) is 17.7 Å². The number of amides is 1. The summed E-state index contributed by atoms with van der Waals surface area (Å²) in [5.74, 6) is 0.982. The molecule has 0 aliphatic carbocycles. The maximum Gasteiger partial charge on any atom is 0.234 e. The van der Waals surface area contributed by atoms with Gasteiger partial charge in [-0.3, -0.25) is 9.48 Å². The first-order chi connectivity index (χ1) is 12.2. The number of hydrogen-bond donors (Lipinski definition) is 1. The Labute approximate surface area is 154 Å². The zero-order valence-corrected chi connectivity index (χ0v) is 15.3. The smallest absolute Gasteiger partial charge is 0.234 e. The molecular formula is C17H17N5OS2. The van der Waals surface area contributed by atoms with Gasteiger partial charge in [0.05, 0.1) is 23.0 Å². The highest BCUT2D eigenvalue weighted by molar-refractivity contribution is 8.00. The molecule has 0 radical (unpaired) electrons. The first-order valence-corrected chi connectivity index (χ1v) is 9.54. The average molecular weight is 371 g/mol. The summed E-state index contributed by atoms with van der Waals surface area (Å²) in [6.45, 7) is 3.73. The van der Waals surface area contributed by atoms with Crippen molar-refractivity contribution in [1.29, 1.82) is 0 Å². The molecule has 3 aromatic rings. The van der Waals surface area contributed by atoms with E-state index < -0.39 is 0 Å². The second kappa shape index (κ2) is 8.17. The van der Waals surface area contributed by atoms with E-state index >= 15 is 0 Å². The maximum absolute atomic E-state index is 12.3. The van der Waals surface area contributed by atoms with Crippen molar-refractivity contribution < 1.29 is 4.79 Å². The molecule has 0 aliphatic heterocycles. The van der Waals surface area contributed by atoms with Gasteiger partial charge in [0.15, 0.2) is 5.65 Å². The number of carbonyl (C=O) groups excluding carboxylic acids is 1. The first-order valence-electron chi connectivity index (χ1n) is 7.57. The summed E-state index contributed by atoms with van der Waals surface area (Å²) in [6.07, 6.45) is 5.05. The van der Waals surface area contributed by atoms with Crippen LogP contribution >= 0.6 is 23.5 Å². The molecule has 6 nitrogen and oxygen atoms in total. The Morgan fingerprint density at radius 2 is 2.16 bits per heavy atom. The number of nitrogens with one attached hydrogen (secondary N) is 1. The summed E-state index contributed by atoms with van der Waals surface area (Å²) >= 11 is 3.01. The van der Waals surface area contributed by atoms with Crippen LogP contribution in [0.2, 0.25) is 0 Å². The third-order valence-electron chi connectivity index (χ3n) is 3.35. The SMILES string of the molecule is C=CCSc1ccccc1NC(=O)CSc1ncnc2c1cnn2C. The summed E-state index contributed by atoms with van der Waals surface area (Å²) < 4.78 is 1.69. The second-order valence-electron chi connectivity index (χ2n) is 5.12. The minimum Gasteiger partial charge on any atom is -0.324 e. The lowest BCUT2D eigenvalue weighted by atomic mass is 10.3. The van der Waals surface area contributed by atoms with E-state index in [-0.39, 0.29) is 11.7 Å². The molecule has 8 heteroatoms. The monoisotopic (exact) mass is 371 g/mol. The van der Waals surface area contributed by atoms with Crippen LogP contribution in [0.1, 0.15) is 0 Å². The van der Waals surface area contributed by atoms with Crippen molar-refractivity contribution in [3.63, 3.8) is 0 Å². The normalized spacial score (nSPS) is 10.8. The Morgan fingerprint density at radius 1 is 1.32 bits per heavy atom. The number of anilines is 1. The molecule has 0 bridgehead atoms. The summed E-state index contributed by atoms with van der Waals surface area (Å²) in [6, 6.07) is 7.75. The molecule has 0 unspecified atom stereocenters. The fourth-order valence-corrected chi connectivity index (χ4v) is 3.73. The van der Waals surface area contributed by atoms with Gasteiger partial charge in [-0.15, -0.1) is 18.3 Å². The minimum atomic E-state index is -0.0766. The Morgan fingerprint density at radius 3 is 3.00 bits per heavy atom. The molecule has 0 saturated carbocycles. The molecule has 2 aromatic heterocycles. The van der Waals surface area contributed by atoms with Gasteiger partial charge < -0.3 is 5.32 Å². The molecule has 1 aromatic carbocycles. The van der Waals surface area contributed by atoms with Crippen LogP contribution < -0.4 is 5.32 Å². The highest BCUT2D eigenvalue weighted by Crippen LogP contribution is 2.28. The summed E-state index contributed by atoms with van der Waals surface area (Å²) in [7, 11) is 1.83. The van der Waals surface area contributed by atoms with E-state index in [1.165, 1.54) is 18.1 Å². The Bertz CT molecular complexity index is 909. The molecule has 3 rings (SSSR count). The topological polar surface area (TPSA) is 72.7 Å². The summed E-state index contributed by atoms with van der Waals surface area (Å²) in [4.78, 5) is 21.8. The largest absolute Gasteiger partial charge is 0.324 e. The molecule has 1 amide bonds. The highest BCUT2D eigenvalue weighted by atomic mass is 32.2. The van der Waals surface area contributed by atoms with Gasteiger partial charge in [-0.25, -0.2) is 9.97 Å². The number of rotatable bonds is 7. The van der Waals surface area contributed by atoms with E-state index in [1.54, 1.807) is 22.6 Å². The number of fused-ring (bicyclic) bond motifs is 1. The van der Waals surface area contributed by atoms with Crippen LogP contribution in [-0.2, 0) is 11.8 Å². The van der Waals surface area contributed by atoms with Gasteiger partial charge in [-0.05, 0) is 12.1 Å². The number of thioether (sulfide) groups is 2. The summed E-state index contributed by atoms with van der Waals surface area (Å²) in [5.41, 5.74) is 1.57. The molecule has 0 atom stereocenters.